The SMILES string of the molecule is CC(C)C1(C(=O)N2CCCC2(C)C(=O)O)CCNC1. The zero-order valence-electron chi connectivity index (χ0n) is 12.0. The Morgan fingerprint density at radius 3 is 2.47 bits per heavy atom. The predicted octanol–water partition coefficient (Wildman–Crippen LogP) is 1.09. The molecule has 2 aliphatic heterocycles. The number of aliphatic carboxylic acids is 1. The maximum absolute atomic E-state index is 13.0. The van der Waals surface area contributed by atoms with Gasteiger partial charge in [0.15, 0.2) is 0 Å². The van der Waals surface area contributed by atoms with Crippen LogP contribution in [-0.4, -0.2) is 47.1 Å². The van der Waals surface area contributed by atoms with Crippen LogP contribution in [0.4, 0.5) is 0 Å². The fraction of sp³-hybridized carbons (Fsp3) is 0.857. The first-order valence-electron chi connectivity index (χ1n) is 7.11. The van der Waals surface area contributed by atoms with Crippen molar-refractivity contribution < 1.29 is 14.7 Å². The monoisotopic (exact) mass is 268 g/mol. The van der Waals surface area contributed by atoms with Crippen LogP contribution in [0, 0.1) is 11.3 Å². The van der Waals surface area contributed by atoms with E-state index in [-0.39, 0.29) is 11.8 Å². The lowest BCUT2D eigenvalue weighted by Gasteiger charge is -2.40. The summed E-state index contributed by atoms with van der Waals surface area (Å²) in [6.45, 7) is 7.85. The zero-order valence-corrected chi connectivity index (χ0v) is 12.0. The first-order chi connectivity index (χ1) is 8.84. The summed E-state index contributed by atoms with van der Waals surface area (Å²) in [7, 11) is 0. The van der Waals surface area contributed by atoms with Gasteiger partial charge < -0.3 is 15.3 Å². The van der Waals surface area contributed by atoms with Gasteiger partial charge in [0.05, 0.1) is 5.41 Å². The van der Waals surface area contributed by atoms with Crippen LogP contribution in [0.5, 0.6) is 0 Å². The van der Waals surface area contributed by atoms with Crippen LogP contribution in [-0.2, 0) is 9.59 Å². The van der Waals surface area contributed by atoms with Gasteiger partial charge in [-0.25, -0.2) is 4.79 Å². The van der Waals surface area contributed by atoms with Crippen molar-refractivity contribution in [2.24, 2.45) is 11.3 Å². The number of carboxylic acids is 1. The standard InChI is InChI=1S/C14H24N2O3/c1-10(2)14(6-7-15-9-14)11(17)16-8-4-5-13(16,3)12(18)19/h10,15H,4-9H2,1-3H3,(H,18,19). The number of likely N-dealkylation sites (tertiary alicyclic amines) is 1. The Hall–Kier alpha value is -1.10. The minimum Gasteiger partial charge on any atom is -0.480 e. The quantitative estimate of drug-likeness (QED) is 0.804. The Morgan fingerprint density at radius 2 is 2.00 bits per heavy atom. The Labute approximate surface area is 114 Å². The maximum atomic E-state index is 13.0. The molecule has 2 atom stereocenters. The second-order valence-corrected chi connectivity index (χ2v) is 6.38. The van der Waals surface area contributed by atoms with Crippen molar-refractivity contribution in [3.63, 3.8) is 0 Å². The number of amides is 1. The highest BCUT2D eigenvalue weighted by Crippen LogP contribution is 2.40. The molecular weight excluding hydrogens is 244 g/mol. The molecule has 108 valence electrons. The molecule has 0 spiro atoms. The topological polar surface area (TPSA) is 69.6 Å². The van der Waals surface area contributed by atoms with Gasteiger partial charge in [0.2, 0.25) is 5.91 Å². The Balaban J connectivity index is 2.30. The number of hydrogen-bond donors (Lipinski definition) is 2. The van der Waals surface area contributed by atoms with E-state index in [0.29, 0.717) is 19.5 Å². The molecule has 2 saturated heterocycles. The van der Waals surface area contributed by atoms with E-state index >= 15 is 0 Å². The summed E-state index contributed by atoms with van der Waals surface area (Å²) in [6.07, 6.45) is 2.13. The van der Waals surface area contributed by atoms with Gasteiger partial charge in [0.25, 0.3) is 0 Å². The fourth-order valence-electron chi connectivity index (χ4n) is 3.41. The van der Waals surface area contributed by atoms with E-state index in [9.17, 15) is 14.7 Å². The number of rotatable bonds is 3. The normalized spacial score (nSPS) is 35.1. The van der Waals surface area contributed by atoms with Crippen molar-refractivity contribution in [1.82, 2.24) is 10.2 Å². The molecule has 2 rings (SSSR count). The second kappa shape index (κ2) is 4.78. The summed E-state index contributed by atoms with van der Waals surface area (Å²) < 4.78 is 0. The molecule has 5 heteroatoms. The van der Waals surface area contributed by atoms with Crippen LogP contribution >= 0.6 is 0 Å². The minimum absolute atomic E-state index is 0.0231. The van der Waals surface area contributed by atoms with E-state index in [1.54, 1.807) is 11.8 Å². The molecule has 5 nitrogen and oxygen atoms in total. The maximum Gasteiger partial charge on any atom is 0.329 e. The van der Waals surface area contributed by atoms with Gasteiger partial charge in [-0.05, 0) is 38.6 Å². The lowest BCUT2D eigenvalue weighted by Crippen LogP contribution is -2.57. The van der Waals surface area contributed by atoms with Crippen LogP contribution in [0.2, 0.25) is 0 Å². The van der Waals surface area contributed by atoms with E-state index in [4.69, 9.17) is 0 Å². The summed E-state index contributed by atoms with van der Waals surface area (Å²) in [5, 5.41) is 12.7. The van der Waals surface area contributed by atoms with Gasteiger partial charge in [-0.3, -0.25) is 4.79 Å². The van der Waals surface area contributed by atoms with Crippen molar-refractivity contribution in [2.45, 2.75) is 45.6 Å². The highest BCUT2D eigenvalue weighted by molar-refractivity contribution is 5.91. The van der Waals surface area contributed by atoms with E-state index in [1.807, 2.05) is 0 Å². The molecule has 0 saturated carbocycles. The first kappa shape index (κ1) is 14.3. The molecular formula is C14H24N2O3. The average molecular weight is 268 g/mol. The third-order valence-corrected chi connectivity index (χ3v) is 5.07. The van der Waals surface area contributed by atoms with E-state index < -0.39 is 16.9 Å². The highest BCUT2D eigenvalue weighted by atomic mass is 16.4. The molecule has 0 aromatic carbocycles. The van der Waals surface area contributed by atoms with Gasteiger partial charge in [0, 0.05) is 13.1 Å². The third kappa shape index (κ3) is 2.04. The first-order valence-corrected chi connectivity index (χ1v) is 7.11. The van der Waals surface area contributed by atoms with Gasteiger partial charge in [0.1, 0.15) is 5.54 Å². The molecule has 0 bridgehead atoms. The van der Waals surface area contributed by atoms with Gasteiger partial charge in [-0.1, -0.05) is 13.8 Å². The van der Waals surface area contributed by atoms with Crippen LogP contribution < -0.4 is 5.32 Å². The molecule has 0 aromatic heterocycles. The summed E-state index contributed by atoms with van der Waals surface area (Å²) >= 11 is 0. The molecule has 2 aliphatic rings. The smallest absolute Gasteiger partial charge is 0.329 e. The van der Waals surface area contributed by atoms with Crippen molar-refractivity contribution in [1.29, 1.82) is 0 Å². The number of carbonyl (C=O) groups is 2. The van der Waals surface area contributed by atoms with Crippen molar-refractivity contribution in [3.8, 4) is 0 Å². The van der Waals surface area contributed by atoms with Gasteiger partial charge in [-0.15, -0.1) is 0 Å². The molecule has 0 aliphatic carbocycles. The lowest BCUT2D eigenvalue weighted by molar-refractivity contribution is -0.161. The van der Waals surface area contributed by atoms with Gasteiger partial charge in [-0.2, -0.15) is 0 Å². The summed E-state index contributed by atoms with van der Waals surface area (Å²) in [6, 6.07) is 0. The summed E-state index contributed by atoms with van der Waals surface area (Å²) in [5.41, 5.74) is -1.46. The molecule has 1 amide bonds. The molecule has 2 N–H and O–H groups in total. The Morgan fingerprint density at radius 1 is 1.32 bits per heavy atom. The van der Waals surface area contributed by atoms with Crippen LogP contribution in [0.1, 0.15) is 40.0 Å². The highest BCUT2D eigenvalue weighted by Gasteiger charge is 2.53. The van der Waals surface area contributed by atoms with Crippen molar-refractivity contribution in [2.75, 3.05) is 19.6 Å². The number of carboxylic acid groups (broad SMARTS) is 1. The zero-order chi connectivity index (χ0) is 14.3. The van der Waals surface area contributed by atoms with Crippen molar-refractivity contribution in [3.05, 3.63) is 0 Å². The predicted molar refractivity (Wildman–Crippen MR) is 71.7 cm³/mol. The van der Waals surface area contributed by atoms with E-state index in [2.05, 4.69) is 19.2 Å². The van der Waals surface area contributed by atoms with Crippen LogP contribution in [0.3, 0.4) is 0 Å². The number of hydrogen-bond acceptors (Lipinski definition) is 3. The van der Waals surface area contributed by atoms with Crippen molar-refractivity contribution >= 4 is 11.9 Å². The molecule has 2 unspecified atom stereocenters. The lowest BCUT2D eigenvalue weighted by atomic mass is 9.74. The molecule has 0 aromatic rings. The Bertz CT molecular complexity index is 388. The molecule has 2 heterocycles. The average Bonchev–Trinajstić information content (AvgIpc) is 2.95. The van der Waals surface area contributed by atoms with Crippen LogP contribution in [0.15, 0.2) is 0 Å². The molecule has 2 fully saturated rings. The second-order valence-electron chi connectivity index (χ2n) is 6.38. The minimum atomic E-state index is -1.03. The van der Waals surface area contributed by atoms with Crippen LogP contribution in [0.25, 0.3) is 0 Å². The number of carbonyl (C=O) groups excluding carboxylic acids is 1. The fourth-order valence-corrected chi connectivity index (χ4v) is 3.41. The third-order valence-electron chi connectivity index (χ3n) is 5.07. The number of nitrogens with one attached hydrogen (secondary N) is 1. The van der Waals surface area contributed by atoms with E-state index in [1.165, 1.54) is 0 Å². The Kier molecular flexibility index (Phi) is 3.60. The van der Waals surface area contributed by atoms with E-state index in [0.717, 1.165) is 19.4 Å². The number of nitrogens with zero attached hydrogens (tertiary/aromatic N) is 1. The van der Waals surface area contributed by atoms with Gasteiger partial charge >= 0.3 is 5.97 Å². The summed E-state index contributed by atoms with van der Waals surface area (Å²) in [5.74, 6) is -0.647. The molecule has 19 heavy (non-hydrogen) atoms. The molecule has 0 radical (unpaired) electrons. The summed E-state index contributed by atoms with van der Waals surface area (Å²) in [4.78, 5) is 26.1. The largest absolute Gasteiger partial charge is 0.480 e.